The van der Waals surface area contributed by atoms with E-state index < -0.39 is 0 Å². The van der Waals surface area contributed by atoms with Gasteiger partial charge < -0.3 is 4.42 Å². The van der Waals surface area contributed by atoms with Crippen molar-refractivity contribution >= 4 is 0 Å². The molecule has 1 saturated carbocycles. The summed E-state index contributed by atoms with van der Waals surface area (Å²) in [6.07, 6.45) is 4.37. The number of rotatable bonds is 1. The predicted molar refractivity (Wildman–Crippen MR) is 33.2 cm³/mol. The molecule has 1 fully saturated rings. The molecule has 48 valence electrons. The SMILES string of the molecule is Cc1nc(C2CC2)co1. The summed E-state index contributed by atoms with van der Waals surface area (Å²) in [6.45, 7) is 1.88. The van der Waals surface area contributed by atoms with Crippen molar-refractivity contribution < 1.29 is 4.42 Å². The molecule has 2 nitrogen and oxygen atoms in total. The van der Waals surface area contributed by atoms with E-state index in [9.17, 15) is 0 Å². The maximum atomic E-state index is 5.05. The van der Waals surface area contributed by atoms with E-state index in [2.05, 4.69) is 4.98 Å². The second-order valence-corrected chi connectivity index (χ2v) is 2.57. The van der Waals surface area contributed by atoms with Gasteiger partial charge in [-0.1, -0.05) is 0 Å². The number of aromatic nitrogens is 1. The Balaban J connectivity index is 2.28. The minimum atomic E-state index is 0.724. The zero-order chi connectivity index (χ0) is 6.27. The third kappa shape index (κ3) is 0.846. The largest absolute Gasteiger partial charge is 0.449 e. The average molecular weight is 123 g/mol. The lowest BCUT2D eigenvalue weighted by molar-refractivity contribution is 0.520. The molecular formula is C7H9NO. The molecule has 1 aromatic rings. The van der Waals surface area contributed by atoms with Gasteiger partial charge in [-0.25, -0.2) is 4.98 Å². The molecule has 0 unspecified atom stereocenters. The van der Waals surface area contributed by atoms with Crippen molar-refractivity contribution in [3.05, 3.63) is 17.8 Å². The first-order chi connectivity index (χ1) is 4.36. The van der Waals surface area contributed by atoms with Gasteiger partial charge in [0.2, 0.25) is 0 Å². The number of hydrogen-bond acceptors (Lipinski definition) is 2. The second kappa shape index (κ2) is 1.59. The normalized spacial score (nSPS) is 18.3. The van der Waals surface area contributed by atoms with Crippen LogP contribution < -0.4 is 0 Å². The van der Waals surface area contributed by atoms with Crippen molar-refractivity contribution in [3.63, 3.8) is 0 Å². The van der Waals surface area contributed by atoms with Crippen LogP contribution in [-0.2, 0) is 0 Å². The van der Waals surface area contributed by atoms with Gasteiger partial charge in [-0.2, -0.15) is 0 Å². The summed E-state index contributed by atoms with van der Waals surface area (Å²) in [6, 6.07) is 0. The van der Waals surface area contributed by atoms with Crippen molar-refractivity contribution in [2.24, 2.45) is 0 Å². The van der Waals surface area contributed by atoms with Crippen LogP contribution in [-0.4, -0.2) is 4.98 Å². The molecule has 0 amide bonds. The van der Waals surface area contributed by atoms with Crippen molar-refractivity contribution in [1.82, 2.24) is 4.98 Å². The van der Waals surface area contributed by atoms with Crippen LogP contribution in [0.1, 0.15) is 30.3 Å². The Morgan fingerprint density at radius 1 is 1.67 bits per heavy atom. The summed E-state index contributed by atoms with van der Waals surface area (Å²) < 4.78 is 5.05. The van der Waals surface area contributed by atoms with Crippen LogP contribution in [0.3, 0.4) is 0 Å². The maximum Gasteiger partial charge on any atom is 0.191 e. The third-order valence-corrected chi connectivity index (χ3v) is 1.63. The van der Waals surface area contributed by atoms with Gasteiger partial charge in [0.05, 0.1) is 5.69 Å². The van der Waals surface area contributed by atoms with E-state index in [0.29, 0.717) is 0 Å². The van der Waals surface area contributed by atoms with E-state index in [1.165, 1.54) is 12.8 Å². The molecule has 2 rings (SSSR count). The standard InChI is InChI=1S/C7H9NO/c1-5-8-7(4-9-5)6-2-3-6/h4,6H,2-3H2,1H3. The average Bonchev–Trinajstić information content (AvgIpc) is 2.58. The molecule has 1 aliphatic rings. The molecule has 0 radical (unpaired) electrons. The summed E-state index contributed by atoms with van der Waals surface area (Å²) in [5.41, 5.74) is 1.15. The molecule has 0 N–H and O–H groups in total. The minimum absolute atomic E-state index is 0.724. The Bertz CT molecular complexity index is 212. The summed E-state index contributed by atoms with van der Waals surface area (Å²) in [7, 11) is 0. The lowest BCUT2D eigenvalue weighted by atomic mass is 10.3. The topological polar surface area (TPSA) is 26.0 Å². The van der Waals surface area contributed by atoms with Crippen LogP contribution in [0.5, 0.6) is 0 Å². The van der Waals surface area contributed by atoms with Gasteiger partial charge in [0.25, 0.3) is 0 Å². The molecule has 0 aromatic carbocycles. The third-order valence-electron chi connectivity index (χ3n) is 1.63. The van der Waals surface area contributed by atoms with Crippen molar-refractivity contribution in [3.8, 4) is 0 Å². The Kier molecular flexibility index (Phi) is 0.891. The highest BCUT2D eigenvalue weighted by Gasteiger charge is 2.26. The molecule has 9 heavy (non-hydrogen) atoms. The Morgan fingerprint density at radius 3 is 2.89 bits per heavy atom. The summed E-state index contributed by atoms with van der Waals surface area (Å²) in [5.74, 6) is 1.51. The molecule has 2 heteroatoms. The fourth-order valence-corrected chi connectivity index (χ4v) is 0.947. The predicted octanol–water partition coefficient (Wildman–Crippen LogP) is 1.86. The van der Waals surface area contributed by atoms with Gasteiger partial charge in [-0.15, -0.1) is 0 Å². The van der Waals surface area contributed by atoms with Crippen molar-refractivity contribution in [2.75, 3.05) is 0 Å². The quantitative estimate of drug-likeness (QED) is 0.569. The van der Waals surface area contributed by atoms with E-state index >= 15 is 0 Å². The Hall–Kier alpha value is -0.790. The summed E-state index contributed by atoms with van der Waals surface area (Å²) >= 11 is 0. The van der Waals surface area contributed by atoms with E-state index in [1.807, 2.05) is 6.92 Å². The van der Waals surface area contributed by atoms with E-state index in [-0.39, 0.29) is 0 Å². The van der Waals surface area contributed by atoms with Crippen LogP contribution in [0.2, 0.25) is 0 Å². The highest BCUT2D eigenvalue weighted by atomic mass is 16.3. The van der Waals surface area contributed by atoms with Crippen LogP contribution >= 0.6 is 0 Å². The minimum Gasteiger partial charge on any atom is -0.449 e. The number of aryl methyl sites for hydroxylation is 1. The molecule has 0 bridgehead atoms. The van der Waals surface area contributed by atoms with Crippen LogP contribution in [0.25, 0.3) is 0 Å². The summed E-state index contributed by atoms with van der Waals surface area (Å²) in [4.78, 5) is 4.21. The number of nitrogens with zero attached hydrogens (tertiary/aromatic N) is 1. The fraction of sp³-hybridized carbons (Fsp3) is 0.571. The molecule has 0 spiro atoms. The summed E-state index contributed by atoms with van der Waals surface area (Å²) in [5, 5.41) is 0. The van der Waals surface area contributed by atoms with Gasteiger partial charge in [0.15, 0.2) is 5.89 Å². The molecule has 0 atom stereocenters. The number of oxazole rings is 1. The molecule has 1 aromatic heterocycles. The van der Waals surface area contributed by atoms with Crippen LogP contribution in [0, 0.1) is 6.92 Å². The Morgan fingerprint density at radius 2 is 2.44 bits per heavy atom. The first kappa shape index (κ1) is 5.03. The first-order valence-electron chi connectivity index (χ1n) is 3.28. The number of hydrogen-bond donors (Lipinski definition) is 0. The molecular weight excluding hydrogens is 114 g/mol. The maximum absolute atomic E-state index is 5.05. The lowest BCUT2D eigenvalue weighted by Crippen LogP contribution is -1.76. The van der Waals surface area contributed by atoms with Gasteiger partial charge in [-0.05, 0) is 12.8 Å². The van der Waals surface area contributed by atoms with Gasteiger partial charge in [0, 0.05) is 12.8 Å². The molecule has 1 heterocycles. The van der Waals surface area contributed by atoms with Gasteiger partial charge in [0.1, 0.15) is 6.26 Å². The van der Waals surface area contributed by atoms with E-state index in [1.54, 1.807) is 6.26 Å². The van der Waals surface area contributed by atoms with Crippen molar-refractivity contribution in [2.45, 2.75) is 25.7 Å². The van der Waals surface area contributed by atoms with E-state index in [4.69, 9.17) is 4.42 Å². The van der Waals surface area contributed by atoms with Gasteiger partial charge in [-0.3, -0.25) is 0 Å². The fourth-order valence-electron chi connectivity index (χ4n) is 0.947. The molecule has 1 aliphatic carbocycles. The first-order valence-corrected chi connectivity index (χ1v) is 3.28. The van der Waals surface area contributed by atoms with Gasteiger partial charge >= 0.3 is 0 Å². The van der Waals surface area contributed by atoms with Crippen LogP contribution in [0.4, 0.5) is 0 Å². The highest BCUT2D eigenvalue weighted by molar-refractivity contribution is 5.09. The Labute approximate surface area is 53.9 Å². The second-order valence-electron chi connectivity index (χ2n) is 2.57. The van der Waals surface area contributed by atoms with Crippen LogP contribution in [0.15, 0.2) is 10.7 Å². The van der Waals surface area contributed by atoms with E-state index in [0.717, 1.165) is 17.5 Å². The van der Waals surface area contributed by atoms with Crippen molar-refractivity contribution in [1.29, 1.82) is 0 Å². The highest BCUT2D eigenvalue weighted by Crippen LogP contribution is 2.39. The molecule has 0 aliphatic heterocycles. The zero-order valence-corrected chi connectivity index (χ0v) is 5.42. The lowest BCUT2D eigenvalue weighted by Gasteiger charge is -1.80. The monoisotopic (exact) mass is 123 g/mol. The smallest absolute Gasteiger partial charge is 0.191 e. The molecule has 0 saturated heterocycles. The zero-order valence-electron chi connectivity index (χ0n) is 5.42.